The first kappa shape index (κ1) is 18.0. The van der Waals surface area contributed by atoms with Crippen molar-refractivity contribution in [2.75, 3.05) is 46.4 Å². The smallest absolute Gasteiger partial charge is 0.263 e. The number of ether oxygens (including phenoxy) is 1. The zero-order valence-corrected chi connectivity index (χ0v) is 14.1. The van der Waals surface area contributed by atoms with Crippen LogP contribution in [-0.4, -0.2) is 62.1 Å². The van der Waals surface area contributed by atoms with E-state index < -0.39 is 0 Å². The van der Waals surface area contributed by atoms with Gasteiger partial charge in [-0.2, -0.15) is 5.26 Å². The van der Waals surface area contributed by atoms with E-state index in [0.717, 1.165) is 32.7 Å². The highest BCUT2D eigenvalue weighted by Crippen LogP contribution is 2.09. The topological polar surface area (TPSA) is 68.6 Å². The van der Waals surface area contributed by atoms with Crippen LogP contribution in [-0.2, 0) is 16.1 Å². The Bertz CT molecular complexity index is 587. The zero-order chi connectivity index (χ0) is 17.2. The molecule has 0 radical (unpaired) electrons. The van der Waals surface area contributed by atoms with Crippen LogP contribution in [0.15, 0.2) is 42.1 Å². The maximum atomic E-state index is 11.9. The maximum Gasteiger partial charge on any atom is 0.263 e. The molecule has 1 amide bonds. The molecule has 0 bridgehead atoms. The number of nitriles is 1. The number of benzene rings is 1. The molecule has 24 heavy (non-hydrogen) atoms. The summed E-state index contributed by atoms with van der Waals surface area (Å²) in [6, 6.07) is 12.4. The summed E-state index contributed by atoms with van der Waals surface area (Å²) < 4.78 is 4.88. The van der Waals surface area contributed by atoms with Gasteiger partial charge in [0.2, 0.25) is 0 Å². The summed E-state index contributed by atoms with van der Waals surface area (Å²) in [4.78, 5) is 16.4. The average Bonchev–Trinajstić information content (AvgIpc) is 2.62. The Kier molecular flexibility index (Phi) is 7.27. The zero-order valence-electron chi connectivity index (χ0n) is 14.1. The van der Waals surface area contributed by atoms with Gasteiger partial charge in [-0.15, -0.1) is 0 Å². The van der Waals surface area contributed by atoms with Crippen LogP contribution in [0.25, 0.3) is 0 Å². The van der Waals surface area contributed by atoms with Crippen molar-refractivity contribution < 1.29 is 9.53 Å². The van der Waals surface area contributed by atoms with Crippen LogP contribution in [0.5, 0.6) is 0 Å². The summed E-state index contributed by atoms with van der Waals surface area (Å²) in [6.07, 6.45) is 1.67. The van der Waals surface area contributed by atoms with Gasteiger partial charge in [0.15, 0.2) is 0 Å². The molecule has 1 N–H and O–H groups in total. The molecule has 1 heterocycles. The summed E-state index contributed by atoms with van der Waals surface area (Å²) in [5.41, 5.74) is 1.44. The van der Waals surface area contributed by atoms with Crippen molar-refractivity contribution in [3.8, 4) is 6.07 Å². The molecule has 1 aromatic rings. The number of carbonyl (C=O) groups excluding carboxylic acids is 1. The van der Waals surface area contributed by atoms with Gasteiger partial charge in [-0.1, -0.05) is 30.3 Å². The Balaban J connectivity index is 1.82. The predicted octanol–water partition coefficient (Wildman–Crippen LogP) is 0.974. The van der Waals surface area contributed by atoms with Crippen molar-refractivity contribution in [1.82, 2.24) is 15.1 Å². The van der Waals surface area contributed by atoms with Crippen molar-refractivity contribution in [3.05, 3.63) is 47.7 Å². The van der Waals surface area contributed by atoms with Gasteiger partial charge in [-0.25, -0.2) is 0 Å². The quantitative estimate of drug-likeness (QED) is 0.459. The van der Waals surface area contributed by atoms with E-state index in [-0.39, 0.29) is 11.5 Å². The van der Waals surface area contributed by atoms with E-state index in [2.05, 4.69) is 34.5 Å². The van der Waals surface area contributed by atoms with Gasteiger partial charge in [0.05, 0.1) is 6.61 Å². The second kappa shape index (κ2) is 9.71. The largest absolute Gasteiger partial charge is 0.383 e. The molecule has 128 valence electrons. The van der Waals surface area contributed by atoms with Gasteiger partial charge in [0.25, 0.3) is 5.91 Å². The lowest BCUT2D eigenvalue weighted by Gasteiger charge is -2.34. The third kappa shape index (κ3) is 5.69. The van der Waals surface area contributed by atoms with Gasteiger partial charge in [0.1, 0.15) is 11.6 Å². The van der Waals surface area contributed by atoms with E-state index in [9.17, 15) is 10.1 Å². The van der Waals surface area contributed by atoms with E-state index >= 15 is 0 Å². The standard InChI is InChI=1S/C18H24N4O2/c1-24-12-7-20-18(23)17(13-19)15-22-10-8-21(9-11-22)14-16-5-3-2-4-6-16/h2-6,15H,7-12,14H2,1H3,(H,20,23)/b17-15-. The highest BCUT2D eigenvalue weighted by Gasteiger charge is 2.17. The van der Waals surface area contributed by atoms with Crippen molar-refractivity contribution in [2.45, 2.75) is 6.54 Å². The molecule has 6 nitrogen and oxygen atoms in total. The minimum absolute atomic E-state index is 0.141. The number of hydrogen-bond acceptors (Lipinski definition) is 5. The first-order valence-electron chi connectivity index (χ1n) is 8.12. The summed E-state index contributed by atoms with van der Waals surface area (Å²) in [6.45, 7) is 5.21. The van der Waals surface area contributed by atoms with E-state index in [1.165, 1.54) is 5.56 Å². The minimum atomic E-state index is -0.346. The number of piperazine rings is 1. The van der Waals surface area contributed by atoms with Crippen molar-refractivity contribution in [3.63, 3.8) is 0 Å². The number of rotatable bonds is 7. The fraction of sp³-hybridized carbons (Fsp3) is 0.444. The van der Waals surface area contributed by atoms with Gasteiger partial charge >= 0.3 is 0 Å². The average molecular weight is 328 g/mol. The fourth-order valence-corrected chi connectivity index (χ4v) is 2.57. The monoisotopic (exact) mass is 328 g/mol. The minimum Gasteiger partial charge on any atom is -0.383 e. The van der Waals surface area contributed by atoms with E-state index in [1.54, 1.807) is 13.3 Å². The first-order valence-corrected chi connectivity index (χ1v) is 8.12. The molecular weight excluding hydrogens is 304 g/mol. The SMILES string of the molecule is COCCNC(=O)/C(C#N)=C\N1CCN(Cc2ccccc2)CC1. The Hall–Kier alpha value is -2.36. The Labute approximate surface area is 143 Å². The normalized spacial score (nSPS) is 15.8. The van der Waals surface area contributed by atoms with Crippen molar-refractivity contribution >= 4 is 5.91 Å². The molecule has 0 unspecified atom stereocenters. The van der Waals surface area contributed by atoms with E-state index in [4.69, 9.17) is 4.74 Å². The van der Waals surface area contributed by atoms with Crippen molar-refractivity contribution in [1.29, 1.82) is 5.26 Å². The number of carbonyl (C=O) groups is 1. The molecule has 0 spiro atoms. The molecule has 0 saturated carbocycles. The first-order chi connectivity index (χ1) is 11.7. The highest BCUT2D eigenvalue weighted by molar-refractivity contribution is 5.97. The molecule has 1 fully saturated rings. The summed E-state index contributed by atoms with van der Waals surface area (Å²) >= 11 is 0. The van der Waals surface area contributed by atoms with Crippen LogP contribution < -0.4 is 5.32 Å². The molecular formula is C18H24N4O2. The molecule has 0 atom stereocenters. The van der Waals surface area contributed by atoms with Crippen LogP contribution in [0.1, 0.15) is 5.56 Å². The second-order valence-electron chi connectivity index (χ2n) is 5.70. The molecule has 1 aliphatic heterocycles. The molecule has 1 saturated heterocycles. The number of nitrogens with one attached hydrogen (secondary N) is 1. The Morgan fingerprint density at radius 2 is 2.00 bits per heavy atom. The molecule has 0 aromatic heterocycles. The Morgan fingerprint density at radius 1 is 1.29 bits per heavy atom. The van der Waals surface area contributed by atoms with Crippen LogP contribution in [0.4, 0.5) is 0 Å². The lowest BCUT2D eigenvalue weighted by molar-refractivity contribution is -0.117. The van der Waals surface area contributed by atoms with Crippen LogP contribution >= 0.6 is 0 Å². The number of methoxy groups -OCH3 is 1. The Morgan fingerprint density at radius 3 is 2.62 bits per heavy atom. The summed E-state index contributed by atoms with van der Waals surface area (Å²) in [5.74, 6) is -0.346. The van der Waals surface area contributed by atoms with Crippen LogP contribution in [0.3, 0.4) is 0 Å². The van der Waals surface area contributed by atoms with E-state index in [0.29, 0.717) is 13.2 Å². The van der Waals surface area contributed by atoms with Gasteiger partial charge in [-0.3, -0.25) is 9.69 Å². The number of hydrogen-bond donors (Lipinski definition) is 1. The summed E-state index contributed by atoms with van der Waals surface area (Å²) in [5, 5.41) is 11.9. The van der Waals surface area contributed by atoms with Crippen LogP contribution in [0, 0.1) is 11.3 Å². The van der Waals surface area contributed by atoms with Crippen LogP contribution in [0.2, 0.25) is 0 Å². The lowest BCUT2D eigenvalue weighted by Crippen LogP contribution is -2.44. The third-order valence-corrected chi connectivity index (χ3v) is 3.92. The van der Waals surface area contributed by atoms with Gasteiger partial charge in [0, 0.05) is 52.6 Å². The maximum absolute atomic E-state index is 11.9. The third-order valence-electron chi connectivity index (χ3n) is 3.92. The molecule has 0 aliphatic carbocycles. The van der Waals surface area contributed by atoms with Gasteiger partial charge < -0.3 is 15.0 Å². The molecule has 1 aliphatic rings. The number of nitrogens with zero attached hydrogens (tertiary/aromatic N) is 3. The predicted molar refractivity (Wildman–Crippen MR) is 91.9 cm³/mol. The van der Waals surface area contributed by atoms with Crippen molar-refractivity contribution in [2.24, 2.45) is 0 Å². The van der Waals surface area contributed by atoms with E-state index in [1.807, 2.05) is 17.0 Å². The second-order valence-corrected chi connectivity index (χ2v) is 5.70. The molecule has 2 rings (SSSR count). The molecule has 6 heteroatoms. The lowest BCUT2D eigenvalue weighted by atomic mass is 10.2. The fourth-order valence-electron chi connectivity index (χ4n) is 2.57. The highest BCUT2D eigenvalue weighted by atomic mass is 16.5. The number of amides is 1. The molecule has 1 aromatic carbocycles. The van der Waals surface area contributed by atoms with Gasteiger partial charge in [-0.05, 0) is 5.56 Å². The summed E-state index contributed by atoms with van der Waals surface area (Å²) in [7, 11) is 1.57.